The molecule has 3 aromatic rings. The van der Waals surface area contributed by atoms with Gasteiger partial charge in [-0.25, -0.2) is 9.97 Å². The van der Waals surface area contributed by atoms with Crippen LogP contribution in [-0.4, -0.2) is 14.5 Å². The van der Waals surface area contributed by atoms with Crippen LogP contribution in [0.5, 0.6) is 0 Å². The van der Waals surface area contributed by atoms with Gasteiger partial charge >= 0.3 is 0 Å². The predicted molar refractivity (Wildman–Crippen MR) is 81.9 cm³/mol. The molecule has 5 heteroatoms. The Bertz CT molecular complexity index is 712. The molecule has 0 amide bonds. The first-order valence-corrected chi connectivity index (χ1v) is 7.02. The Kier molecular flexibility index (Phi) is 3.73. The zero-order valence-corrected chi connectivity index (χ0v) is 12.2. The van der Waals surface area contributed by atoms with Crippen LogP contribution in [0.25, 0.3) is 11.3 Å². The van der Waals surface area contributed by atoms with E-state index in [-0.39, 0.29) is 0 Å². The van der Waals surface area contributed by atoms with Gasteiger partial charge in [0.1, 0.15) is 17.8 Å². The van der Waals surface area contributed by atoms with Crippen molar-refractivity contribution in [3.8, 4) is 11.3 Å². The summed E-state index contributed by atoms with van der Waals surface area (Å²) < 4.78 is 7.36. The van der Waals surface area contributed by atoms with Crippen molar-refractivity contribution < 1.29 is 4.42 Å². The maximum Gasteiger partial charge on any atom is 0.191 e. The lowest BCUT2D eigenvalue weighted by molar-refractivity contribution is 0.521. The third kappa shape index (κ3) is 2.97. The summed E-state index contributed by atoms with van der Waals surface area (Å²) in [5, 5.41) is 3.38. The van der Waals surface area contributed by atoms with Gasteiger partial charge in [0.2, 0.25) is 0 Å². The van der Waals surface area contributed by atoms with E-state index < -0.39 is 0 Å². The largest absolute Gasteiger partial charge is 0.449 e. The number of imidazole rings is 1. The lowest BCUT2D eigenvalue weighted by atomic mass is 10.1. The first-order chi connectivity index (χ1) is 10.3. The minimum Gasteiger partial charge on any atom is -0.449 e. The molecule has 0 fully saturated rings. The normalized spacial score (nSPS) is 10.8. The molecule has 0 spiro atoms. The first-order valence-electron chi connectivity index (χ1n) is 7.02. The molecule has 21 heavy (non-hydrogen) atoms. The molecule has 0 bridgehead atoms. The monoisotopic (exact) mass is 282 g/mol. The lowest BCUT2D eigenvalue weighted by Crippen LogP contribution is -2.07. The molecule has 0 aliphatic rings. The zero-order valence-electron chi connectivity index (χ0n) is 12.2. The fourth-order valence-corrected chi connectivity index (χ4v) is 2.23. The van der Waals surface area contributed by atoms with Crippen molar-refractivity contribution in [1.82, 2.24) is 14.5 Å². The van der Waals surface area contributed by atoms with Crippen molar-refractivity contribution in [3.05, 3.63) is 54.6 Å². The number of rotatable bonds is 5. The van der Waals surface area contributed by atoms with Crippen LogP contribution in [0.3, 0.4) is 0 Å². The summed E-state index contributed by atoms with van der Waals surface area (Å²) in [6.07, 6.45) is 5.50. The SMILES string of the molecule is CCn1ccnc1CNc1ccc(-c2coc(C)n2)cc1. The minimum absolute atomic E-state index is 0.679. The number of oxazole rings is 1. The molecule has 3 rings (SSSR count). The highest BCUT2D eigenvalue weighted by atomic mass is 16.3. The molecule has 0 saturated carbocycles. The average molecular weight is 282 g/mol. The zero-order chi connectivity index (χ0) is 14.7. The molecular weight excluding hydrogens is 264 g/mol. The van der Waals surface area contributed by atoms with E-state index in [1.54, 1.807) is 6.26 Å². The Labute approximate surface area is 123 Å². The van der Waals surface area contributed by atoms with Crippen molar-refractivity contribution >= 4 is 5.69 Å². The van der Waals surface area contributed by atoms with Gasteiger partial charge in [0.25, 0.3) is 0 Å². The molecule has 0 atom stereocenters. The van der Waals surface area contributed by atoms with Crippen LogP contribution in [0.2, 0.25) is 0 Å². The van der Waals surface area contributed by atoms with Gasteiger partial charge in [-0.2, -0.15) is 0 Å². The van der Waals surface area contributed by atoms with Crippen LogP contribution >= 0.6 is 0 Å². The first kappa shape index (κ1) is 13.4. The molecule has 1 N–H and O–H groups in total. The van der Waals surface area contributed by atoms with E-state index in [1.165, 1.54) is 0 Å². The van der Waals surface area contributed by atoms with E-state index in [1.807, 2.05) is 43.6 Å². The Hall–Kier alpha value is -2.56. The van der Waals surface area contributed by atoms with Crippen LogP contribution in [-0.2, 0) is 13.1 Å². The second kappa shape index (κ2) is 5.83. The number of aryl methyl sites for hydroxylation is 2. The Morgan fingerprint density at radius 1 is 1.24 bits per heavy atom. The number of hydrogen-bond acceptors (Lipinski definition) is 4. The van der Waals surface area contributed by atoms with Gasteiger partial charge in [0.15, 0.2) is 5.89 Å². The highest BCUT2D eigenvalue weighted by Crippen LogP contribution is 2.20. The molecule has 2 heterocycles. The van der Waals surface area contributed by atoms with E-state index in [9.17, 15) is 0 Å². The van der Waals surface area contributed by atoms with Crippen LogP contribution in [0.1, 0.15) is 18.6 Å². The highest BCUT2D eigenvalue weighted by Gasteiger charge is 2.04. The predicted octanol–water partition coefficient (Wildman–Crippen LogP) is 3.48. The van der Waals surface area contributed by atoms with Crippen molar-refractivity contribution in [1.29, 1.82) is 0 Å². The minimum atomic E-state index is 0.679. The topological polar surface area (TPSA) is 55.9 Å². The summed E-state index contributed by atoms with van der Waals surface area (Å²) in [6.45, 7) is 5.60. The third-order valence-electron chi connectivity index (χ3n) is 3.39. The summed E-state index contributed by atoms with van der Waals surface area (Å²) in [5.41, 5.74) is 2.97. The molecule has 108 valence electrons. The fourth-order valence-electron chi connectivity index (χ4n) is 2.23. The number of benzene rings is 1. The van der Waals surface area contributed by atoms with E-state index in [2.05, 4.69) is 26.8 Å². The van der Waals surface area contributed by atoms with Crippen LogP contribution in [0, 0.1) is 6.92 Å². The van der Waals surface area contributed by atoms with Gasteiger partial charge in [-0.05, 0) is 19.1 Å². The summed E-state index contributed by atoms with van der Waals surface area (Å²) in [7, 11) is 0. The second-order valence-corrected chi connectivity index (χ2v) is 4.81. The van der Waals surface area contributed by atoms with Crippen LogP contribution < -0.4 is 5.32 Å². The molecule has 1 aromatic carbocycles. The van der Waals surface area contributed by atoms with E-state index in [0.717, 1.165) is 29.3 Å². The Morgan fingerprint density at radius 3 is 2.71 bits per heavy atom. The Morgan fingerprint density at radius 2 is 2.05 bits per heavy atom. The Balaban J connectivity index is 1.67. The molecule has 5 nitrogen and oxygen atoms in total. The van der Waals surface area contributed by atoms with E-state index in [4.69, 9.17) is 4.42 Å². The molecule has 0 saturated heterocycles. The highest BCUT2D eigenvalue weighted by molar-refractivity contribution is 5.61. The number of anilines is 1. The van der Waals surface area contributed by atoms with Gasteiger partial charge in [-0.3, -0.25) is 0 Å². The number of hydrogen-bond donors (Lipinski definition) is 1. The summed E-state index contributed by atoms with van der Waals surface area (Å²) in [4.78, 5) is 8.67. The van der Waals surface area contributed by atoms with Gasteiger partial charge in [-0.1, -0.05) is 12.1 Å². The molecule has 0 aliphatic heterocycles. The van der Waals surface area contributed by atoms with Gasteiger partial charge < -0.3 is 14.3 Å². The second-order valence-electron chi connectivity index (χ2n) is 4.81. The van der Waals surface area contributed by atoms with Crippen molar-refractivity contribution in [2.24, 2.45) is 0 Å². The van der Waals surface area contributed by atoms with Crippen LogP contribution in [0.15, 0.2) is 47.3 Å². The van der Waals surface area contributed by atoms with Crippen molar-refractivity contribution in [3.63, 3.8) is 0 Å². The van der Waals surface area contributed by atoms with E-state index in [0.29, 0.717) is 12.4 Å². The quantitative estimate of drug-likeness (QED) is 0.778. The molecule has 0 radical (unpaired) electrons. The van der Waals surface area contributed by atoms with E-state index >= 15 is 0 Å². The average Bonchev–Trinajstić information content (AvgIpc) is 3.14. The fraction of sp³-hybridized carbons (Fsp3) is 0.250. The summed E-state index contributed by atoms with van der Waals surface area (Å²) in [5.74, 6) is 1.72. The van der Waals surface area contributed by atoms with Gasteiger partial charge in [-0.15, -0.1) is 0 Å². The molecule has 0 aliphatic carbocycles. The number of nitrogens with one attached hydrogen (secondary N) is 1. The number of aromatic nitrogens is 3. The van der Waals surface area contributed by atoms with Crippen molar-refractivity contribution in [2.45, 2.75) is 26.9 Å². The summed E-state index contributed by atoms with van der Waals surface area (Å²) in [6, 6.07) is 8.15. The molecular formula is C16H18N4O. The third-order valence-corrected chi connectivity index (χ3v) is 3.39. The summed E-state index contributed by atoms with van der Waals surface area (Å²) >= 11 is 0. The standard InChI is InChI=1S/C16H18N4O/c1-3-20-9-8-17-16(20)10-18-14-6-4-13(5-7-14)15-11-21-12(2)19-15/h4-9,11,18H,3,10H2,1-2H3. The molecule has 0 unspecified atom stereocenters. The molecule has 2 aromatic heterocycles. The van der Waals surface area contributed by atoms with Crippen molar-refractivity contribution in [2.75, 3.05) is 5.32 Å². The van der Waals surface area contributed by atoms with Gasteiger partial charge in [0, 0.05) is 37.1 Å². The van der Waals surface area contributed by atoms with Gasteiger partial charge in [0.05, 0.1) is 6.54 Å². The maximum atomic E-state index is 5.23. The van der Waals surface area contributed by atoms with Crippen LogP contribution in [0.4, 0.5) is 5.69 Å². The lowest BCUT2D eigenvalue weighted by Gasteiger charge is -2.08. The smallest absolute Gasteiger partial charge is 0.191 e. The maximum absolute atomic E-state index is 5.23. The number of nitrogens with zero attached hydrogens (tertiary/aromatic N) is 3.